The van der Waals surface area contributed by atoms with Gasteiger partial charge in [-0.25, -0.2) is 4.79 Å². The van der Waals surface area contributed by atoms with Crippen LogP contribution in [0.1, 0.15) is 25.7 Å². The third-order valence-electron chi connectivity index (χ3n) is 2.13. The molecule has 0 fully saturated rings. The van der Waals surface area contributed by atoms with E-state index in [1.807, 2.05) is 0 Å². The molecule has 3 heteroatoms. The molecule has 0 aromatic rings. The molecule has 12 heavy (non-hydrogen) atoms. The van der Waals surface area contributed by atoms with E-state index >= 15 is 0 Å². The zero-order chi connectivity index (χ0) is 8.81. The van der Waals surface area contributed by atoms with Crippen molar-refractivity contribution < 1.29 is 14.6 Å². The van der Waals surface area contributed by atoms with Gasteiger partial charge >= 0.3 is 6.16 Å². The Hall–Kier alpha value is -0.990. The van der Waals surface area contributed by atoms with Gasteiger partial charge in [0.2, 0.25) is 0 Å². The zero-order valence-electron chi connectivity index (χ0n) is 7.03. The topological polar surface area (TPSA) is 46.5 Å². The van der Waals surface area contributed by atoms with E-state index < -0.39 is 6.16 Å². The zero-order valence-corrected chi connectivity index (χ0v) is 7.03. The van der Waals surface area contributed by atoms with Gasteiger partial charge in [-0.1, -0.05) is 12.2 Å². The van der Waals surface area contributed by atoms with Gasteiger partial charge in [0.1, 0.15) is 0 Å². The first-order valence-electron chi connectivity index (χ1n) is 4.30. The number of ether oxygens (including phenoxy) is 1. The first-order valence-corrected chi connectivity index (χ1v) is 4.30. The smallest absolute Gasteiger partial charge is 0.450 e. The molecule has 0 saturated carbocycles. The van der Waals surface area contributed by atoms with Crippen LogP contribution in [0.5, 0.6) is 0 Å². The molecule has 1 rings (SSSR count). The van der Waals surface area contributed by atoms with Crippen LogP contribution in [-0.2, 0) is 4.74 Å². The van der Waals surface area contributed by atoms with Gasteiger partial charge < -0.3 is 9.84 Å². The van der Waals surface area contributed by atoms with E-state index in [0.717, 1.165) is 19.3 Å². The summed E-state index contributed by atoms with van der Waals surface area (Å²) in [6, 6.07) is 0. The second kappa shape index (κ2) is 4.80. The quantitative estimate of drug-likeness (QED) is 0.522. The maximum atomic E-state index is 10.0. The van der Waals surface area contributed by atoms with E-state index in [0.29, 0.717) is 12.5 Å². The number of hydrogen-bond donors (Lipinski definition) is 1. The molecule has 0 heterocycles. The summed E-state index contributed by atoms with van der Waals surface area (Å²) in [6.07, 6.45) is 7.39. The summed E-state index contributed by atoms with van der Waals surface area (Å²) in [5, 5.41) is 8.21. The van der Waals surface area contributed by atoms with Crippen molar-refractivity contribution in [2.75, 3.05) is 6.61 Å². The van der Waals surface area contributed by atoms with E-state index in [1.54, 1.807) is 0 Å². The molecule has 0 saturated heterocycles. The first kappa shape index (κ1) is 9.10. The van der Waals surface area contributed by atoms with Crippen LogP contribution in [0.4, 0.5) is 4.79 Å². The molecule has 1 unspecified atom stereocenters. The largest absolute Gasteiger partial charge is 0.505 e. The maximum absolute atomic E-state index is 10.0. The van der Waals surface area contributed by atoms with Gasteiger partial charge in [0, 0.05) is 0 Å². The third-order valence-corrected chi connectivity index (χ3v) is 2.13. The van der Waals surface area contributed by atoms with Gasteiger partial charge in [-0.3, -0.25) is 0 Å². The summed E-state index contributed by atoms with van der Waals surface area (Å²) >= 11 is 0. The van der Waals surface area contributed by atoms with Crippen LogP contribution in [0.2, 0.25) is 0 Å². The molecular weight excluding hydrogens is 156 g/mol. The fourth-order valence-electron chi connectivity index (χ4n) is 1.43. The summed E-state index contributed by atoms with van der Waals surface area (Å²) in [5.74, 6) is 0.620. The Labute approximate surface area is 72.0 Å². The molecule has 0 aromatic heterocycles. The van der Waals surface area contributed by atoms with E-state index in [-0.39, 0.29) is 0 Å². The maximum Gasteiger partial charge on any atom is 0.505 e. The normalized spacial score (nSPS) is 22.2. The number of hydrogen-bond acceptors (Lipinski definition) is 2. The lowest BCUT2D eigenvalue weighted by molar-refractivity contribution is 0.0858. The molecule has 1 N–H and O–H groups in total. The van der Waals surface area contributed by atoms with Gasteiger partial charge in [0.05, 0.1) is 6.61 Å². The molecule has 0 aliphatic heterocycles. The number of allylic oxidation sites excluding steroid dienone is 2. The molecule has 0 bridgehead atoms. The number of carboxylic acid groups (broad SMARTS) is 1. The van der Waals surface area contributed by atoms with Gasteiger partial charge in [0.25, 0.3) is 0 Å². The minimum absolute atomic E-state index is 0.341. The Morgan fingerprint density at radius 2 is 2.42 bits per heavy atom. The molecule has 0 amide bonds. The van der Waals surface area contributed by atoms with Crippen molar-refractivity contribution in [1.29, 1.82) is 0 Å². The summed E-state index contributed by atoms with van der Waals surface area (Å²) in [6.45, 7) is 0.341. The molecule has 3 nitrogen and oxygen atoms in total. The highest BCUT2D eigenvalue weighted by atomic mass is 16.7. The van der Waals surface area contributed by atoms with Gasteiger partial charge in [-0.2, -0.15) is 0 Å². The average Bonchev–Trinajstić information content (AvgIpc) is 2.05. The van der Waals surface area contributed by atoms with Gasteiger partial charge in [-0.15, -0.1) is 0 Å². The molecule has 1 aliphatic carbocycles. The van der Waals surface area contributed by atoms with Crippen molar-refractivity contribution >= 4 is 6.16 Å². The van der Waals surface area contributed by atoms with Crippen molar-refractivity contribution in [2.45, 2.75) is 25.7 Å². The van der Waals surface area contributed by atoms with Crippen LogP contribution in [0.15, 0.2) is 12.2 Å². The Bertz CT molecular complexity index is 175. The third kappa shape index (κ3) is 3.42. The summed E-state index contributed by atoms with van der Waals surface area (Å²) in [7, 11) is 0. The lowest BCUT2D eigenvalue weighted by Gasteiger charge is -2.16. The van der Waals surface area contributed by atoms with E-state index in [9.17, 15) is 4.79 Å². The van der Waals surface area contributed by atoms with Crippen LogP contribution >= 0.6 is 0 Å². The van der Waals surface area contributed by atoms with Crippen molar-refractivity contribution in [3.05, 3.63) is 12.2 Å². The summed E-state index contributed by atoms with van der Waals surface area (Å²) < 4.78 is 4.44. The molecule has 0 spiro atoms. The van der Waals surface area contributed by atoms with E-state index in [1.165, 1.54) is 6.42 Å². The Balaban J connectivity index is 2.06. The molecule has 0 aromatic carbocycles. The van der Waals surface area contributed by atoms with Crippen LogP contribution < -0.4 is 0 Å². The molecule has 0 radical (unpaired) electrons. The fraction of sp³-hybridized carbons (Fsp3) is 0.667. The van der Waals surface area contributed by atoms with Crippen molar-refractivity contribution in [2.24, 2.45) is 5.92 Å². The summed E-state index contributed by atoms with van der Waals surface area (Å²) in [5.41, 5.74) is 0. The number of rotatable bonds is 3. The predicted octanol–water partition coefficient (Wildman–Crippen LogP) is 2.43. The molecular formula is C9H14O3. The molecule has 1 aliphatic rings. The van der Waals surface area contributed by atoms with Gasteiger partial charge in [-0.05, 0) is 31.6 Å². The van der Waals surface area contributed by atoms with Crippen LogP contribution in [0, 0.1) is 5.92 Å². The van der Waals surface area contributed by atoms with Crippen molar-refractivity contribution in [3.63, 3.8) is 0 Å². The van der Waals surface area contributed by atoms with Crippen molar-refractivity contribution in [3.8, 4) is 0 Å². The van der Waals surface area contributed by atoms with Crippen LogP contribution in [0.25, 0.3) is 0 Å². The highest BCUT2D eigenvalue weighted by Gasteiger charge is 2.10. The van der Waals surface area contributed by atoms with Gasteiger partial charge in [0.15, 0.2) is 0 Å². The van der Waals surface area contributed by atoms with E-state index in [2.05, 4.69) is 16.9 Å². The standard InChI is InChI=1S/C9H14O3/c10-9(11)12-7-6-8-4-2-1-3-5-8/h1-2,8H,3-7H2,(H,10,11). The monoisotopic (exact) mass is 170 g/mol. The van der Waals surface area contributed by atoms with E-state index in [4.69, 9.17) is 5.11 Å². The fourth-order valence-corrected chi connectivity index (χ4v) is 1.43. The number of carbonyl (C=O) groups is 1. The van der Waals surface area contributed by atoms with Crippen LogP contribution in [0.3, 0.4) is 0 Å². The SMILES string of the molecule is O=C(O)OCCC1CC=CCC1. The highest BCUT2D eigenvalue weighted by Crippen LogP contribution is 2.21. The lowest BCUT2D eigenvalue weighted by atomic mass is 9.92. The molecule has 68 valence electrons. The predicted molar refractivity (Wildman–Crippen MR) is 45.1 cm³/mol. The Morgan fingerprint density at radius 1 is 1.58 bits per heavy atom. The van der Waals surface area contributed by atoms with Crippen LogP contribution in [-0.4, -0.2) is 17.9 Å². The second-order valence-corrected chi connectivity index (χ2v) is 3.05. The van der Waals surface area contributed by atoms with Crippen molar-refractivity contribution in [1.82, 2.24) is 0 Å². The minimum Gasteiger partial charge on any atom is -0.450 e. The second-order valence-electron chi connectivity index (χ2n) is 3.05. The minimum atomic E-state index is -1.17. The highest BCUT2D eigenvalue weighted by molar-refractivity contribution is 5.56. The Morgan fingerprint density at radius 3 is 3.00 bits per heavy atom. The lowest BCUT2D eigenvalue weighted by Crippen LogP contribution is -2.09. The first-order chi connectivity index (χ1) is 5.79. The molecule has 1 atom stereocenters. The summed E-state index contributed by atoms with van der Waals surface area (Å²) in [4.78, 5) is 10.0. The Kier molecular flexibility index (Phi) is 3.64. The average molecular weight is 170 g/mol.